The maximum absolute atomic E-state index is 13.0. The Balaban J connectivity index is 1.44. The van der Waals surface area contributed by atoms with E-state index in [1.807, 2.05) is 4.90 Å². The van der Waals surface area contributed by atoms with Gasteiger partial charge < -0.3 is 24.2 Å². The number of ether oxygens (including phenoxy) is 3. The van der Waals surface area contributed by atoms with Crippen LogP contribution >= 0.6 is 0 Å². The van der Waals surface area contributed by atoms with Gasteiger partial charge in [-0.05, 0) is 48.9 Å². The second kappa shape index (κ2) is 8.93. The summed E-state index contributed by atoms with van der Waals surface area (Å²) >= 11 is 0. The zero-order chi connectivity index (χ0) is 22.0. The lowest BCUT2D eigenvalue weighted by molar-refractivity contribution is -0.0231. The first-order valence-electron chi connectivity index (χ1n) is 10.3. The van der Waals surface area contributed by atoms with Crippen molar-refractivity contribution in [3.05, 3.63) is 53.9 Å². The summed E-state index contributed by atoms with van der Waals surface area (Å²) in [7, 11) is 2.86. The smallest absolute Gasteiger partial charge is 0.337 e. The SMILES string of the molecule is COC(=O)c1cccc(O[C@@H]2C[C@@H]3CN(C(=O)c4cnccc4OC)C[C@@H]3C[C@H]2O)c1. The van der Waals surface area contributed by atoms with Gasteiger partial charge in [-0.3, -0.25) is 9.78 Å². The molecule has 1 saturated heterocycles. The predicted octanol–water partition coefficient (Wildman–Crippen LogP) is 2.17. The number of benzene rings is 1. The zero-order valence-corrected chi connectivity index (χ0v) is 17.6. The van der Waals surface area contributed by atoms with Gasteiger partial charge in [0.15, 0.2) is 0 Å². The van der Waals surface area contributed by atoms with Crippen LogP contribution in [-0.2, 0) is 4.74 Å². The molecular formula is C23H26N2O6. The first-order valence-corrected chi connectivity index (χ1v) is 10.3. The molecule has 1 aromatic heterocycles. The van der Waals surface area contributed by atoms with Gasteiger partial charge in [0, 0.05) is 25.5 Å². The van der Waals surface area contributed by atoms with Crippen molar-refractivity contribution in [2.24, 2.45) is 11.8 Å². The highest BCUT2D eigenvalue weighted by molar-refractivity contribution is 5.96. The summed E-state index contributed by atoms with van der Waals surface area (Å²) in [6, 6.07) is 8.41. The first kappa shape index (κ1) is 21.1. The van der Waals surface area contributed by atoms with Crippen LogP contribution < -0.4 is 9.47 Å². The van der Waals surface area contributed by atoms with Crippen LogP contribution in [0.25, 0.3) is 0 Å². The molecule has 2 heterocycles. The number of aliphatic hydroxyl groups is 1. The molecule has 4 rings (SSSR count). The summed E-state index contributed by atoms with van der Waals surface area (Å²) in [4.78, 5) is 30.6. The summed E-state index contributed by atoms with van der Waals surface area (Å²) in [5, 5.41) is 10.7. The first-order chi connectivity index (χ1) is 15.0. The number of fused-ring (bicyclic) bond motifs is 1. The minimum Gasteiger partial charge on any atom is -0.496 e. The van der Waals surface area contributed by atoms with Crippen LogP contribution in [0.3, 0.4) is 0 Å². The number of amides is 1. The number of aliphatic hydroxyl groups excluding tert-OH is 1. The van der Waals surface area contributed by atoms with Crippen molar-refractivity contribution in [1.82, 2.24) is 9.88 Å². The lowest BCUT2D eigenvalue weighted by Gasteiger charge is -2.35. The molecule has 2 aromatic rings. The Morgan fingerprint density at radius 3 is 2.65 bits per heavy atom. The summed E-state index contributed by atoms with van der Waals surface area (Å²) in [5.74, 6) is 0.896. The molecule has 8 nitrogen and oxygen atoms in total. The maximum atomic E-state index is 13.0. The number of aromatic nitrogens is 1. The average Bonchev–Trinajstić information content (AvgIpc) is 3.21. The Hall–Kier alpha value is -3.13. The number of carbonyl (C=O) groups is 2. The molecule has 0 spiro atoms. The molecule has 1 saturated carbocycles. The Morgan fingerprint density at radius 2 is 1.90 bits per heavy atom. The van der Waals surface area contributed by atoms with E-state index < -0.39 is 18.2 Å². The van der Waals surface area contributed by atoms with Crippen molar-refractivity contribution in [2.45, 2.75) is 25.0 Å². The van der Waals surface area contributed by atoms with Crippen molar-refractivity contribution in [3.63, 3.8) is 0 Å². The van der Waals surface area contributed by atoms with Gasteiger partial charge in [0.25, 0.3) is 5.91 Å². The van der Waals surface area contributed by atoms with E-state index in [0.717, 1.165) is 0 Å². The molecule has 1 N–H and O–H groups in total. The molecule has 8 heteroatoms. The van der Waals surface area contributed by atoms with Crippen LogP contribution in [0, 0.1) is 11.8 Å². The highest BCUT2D eigenvalue weighted by Crippen LogP contribution is 2.39. The highest BCUT2D eigenvalue weighted by Gasteiger charge is 2.44. The molecule has 1 aliphatic carbocycles. The number of hydrogen-bond acceptors (Lipinski definition) is 7. The predicted molar refractivity (Wildman–Crippen MR) is 111 cm³/mol. The quantitative estimate of drug-likeness (QED) is 0.732. The molecule has 2 aliphatic rings. The van der Waals surface area contributed by atoms with Crippen molar-refractivity contribution in [1.29, 1.82) is 0 Å². The largest absolute Gasteiger partial charge is 0.496 e. The van der Waals surface area contributed by atoms with Crippen LogP contribution in [-0.4, -0.2) is 66.4 Å². The third-order valence-corrected chi connectivity index (χ3v) is 6.15. The topological polar surface area (TPSA) is 98.2 Å². The van der Waals surface area contributed by atoms with Crippen LogP contribution in [0.2, 0.25) is 0 Å². The summed E-state index contributed by atoms with van der Waals surface area (Å²) in [6.07, 6.45) is 3.25. The fourth-order valence-corrected chi connectivity index (χ4v) is 4.56. The Morgan fingerprint density at radius 1 is 1.13 bits per heavy atom. The van der Waals surface area contributed by atoms with E-state index in [2.05, 4.69) is 4.98 Å². The number of hydrogen-bond donors (Lipinski definition) is 1. The van der Waals surface area contributed by atoms with E-state index in [-0.39, 0.29) is 17.7 Å². The lowest BCUT2D eigenvalue weighted by atomic mass is 9.78. The standard InChI is InChI=1S/C23H26N2O6/c1-29-20-6-7-24-11-18(20)22(27)25-12-15-9-19(26)21(10-16(15)13-25)31-17-5-3-4-14(8-17)23(28)30-2/h3-8,11,15-16,19,21,26H,9-10,12-13H2,1-2H3/t15-,16+,19+,21+/m0/s1. The minimum atomic E-state index is -0.647. The number of likely N-dealkylation sites (tertiary alicyclic amines) is 1. The molecule has 1 amide bonds. The summed E-state index contributed by atoms with van der Waals surface area (Å²) in [6.45, 7) is 1.18. The minimum absolute atomic E-state index is 0.114. The van der Waals surface area contributed by atoms with Gasteiger partial charge in [-0.15, -0.1) is 0 Å². The van der Waals surface area contributed by atoms with Gasteiger partial charge in [0.2, 0.25) is 0 Å². The fraction of sp³-hybridized carbons (Fsp3) is 0.435. The number of nitrogens with zero attached hydrogens (tertiary/aromatic N) is 2. The molecular weight excluding hydrogens is 400 g/mol. The molecule has 1 aromatic carbocycles. The van der Waals surface area contributed by atoms with E-state index in [1.165, 1.54) is 20.4 Å². The molecule has 0 bridgehead atoms. The highest BCUT2D eigenvalue weighted by atomic mass is 16.5. The number of esters is 1. The monoisotopic (exact) mass is 426 g/mol. The molecule has 4 atom stereocenters. The second-order valence-electron chi connectivity index (χ2n) is 8.02. The van der Waals surface area contributed by atoms with Gasteiger partial charge in [0.1, 0.15) is 17.6 Å². The van der Waals surface area contributed by atoms with E-state index in [0.29, 0.717) is 48.6 Å². The van der Waals surface area contributed by atoms with E-state index in [4.69, 9.17) is 14.2 Å². The number of carbonyl (C=O) groups excluding carboxylic acids is 2. The number of pyridine rings is 1. The van der Waals surface area contributed by atoms with Gasteiger partial charge in [-0.2, -0.15) is 0 Å². The Kier molecular flexibility index (Phi) is 6.08. The van der Waals surface area contributed by atoms with Gasteiger partial charge in [-0.25, -0.2) is 4.79 Å². The van der Waals surface area contributed by atoms with E-state index in [9.17, 15) is 14.7 Å². The molecule has 164 valence electrons. The van der Waals surface area contributed by atoms with Crippen molar-refractivity contribution >= 4 is 11.9 Å². The molecule has 0 unspecified atom stereocenters. The van der Waals surface area contributed by atoms with Crippen molar-refractivity contribution in [2.75, 3.05) is 27.3 Å². The Bertz CT molecular complexity index is 965. The van der Waals surface area contributed by atoms with Crippen LogP contribution in [0.5, 0.6) is 11.5 Å². The van der Waals surface area contributed by atoms with Gasteiger partial charge >= 0.3 is 5.97 Å². The van der Waals surface area contributed by atoms with Gasteiger partial charge in [0.05, 0.1) is 31.5 Å². The lowest BCUT2D eigenvalue weighted by Crippen LogP contribution is -2.42. The second-order valence-corrected chi connectivity index (χ2v) is 8.02. The summed E-state index contributed by atoms with van der Waals surface area (Å²) < 4.78 is 16.1. The van der Waals surface area contributed by atoms with Crippen LogP contribution in [0.15, 0.2) is 42.7 Å². The molecule has 1 aliphatic heterocycles. The zero-order valence-electron chi connectivity index (χ0n) is 17.6. The fourth-order valence-electron chi connectivity index (χ4n) is 4.56. The van der Waals surface area contributed by atoms with Crippen molar-refractivity contribution < 1.29 is 28.9 Å². The third kappa shape index (κ3) is 4.34. The van der Waals surface area contributed by atoms with Crippen molar-refractivity contribution in [3.8, 4) is 11.5 Å². The Labute approximate surface area is 180 Å². The van der Waals surface area contributed by atoms with E-state index >= 15 is 0 Å². The van der Waals surface area contributed by atoms with E-state index in [1.54, 1.807) is 36.5 Å². The normalized spacial score (nSPS) is 24.9. The maximum Gasteiger partial charge on any atom is 0.337 e. The van der Waals surface area contributed by atoms with Crippen LogP contribution in [0.4, 0.5) is 0 Å². The van der Waals surface area contributed by atoms with Crippen LogP contribution in [0.1, 0.15) is 33.6 Å². The molecule has 0 radical (unpaired) electrons. The number of rotatable bonds is 5. The molecule has 31 heavy (non-hydrogen) atoms. The average molecular weight is 426 g/mol. The summed E-state index contributed by atoms with van der Waals surface area (Å²) in [5.41, 5.74) is 0.836. The van der Waals surface area contributed by atoms with Gasteiger partial charge in [-0.1, -0.05) is 6.07 Å². The number of methoxy groups -OCH3 is 2. The third-order valence-electron chi connectivity index (χ3n) is 6.15. The molecule has 2 fully saturated rings.